The molecule has 0 bridgehead atoms. The van der Waals surface area contributed by atoms with Crippen molar-refractivity contribution in [2.75, 3.05) is 13.1 Å². The maximum atomic E-state index is 12.4. The molecular weight excluding hydrogens is 288 g/mol. The molecule has 116 valence electrons. The number of hydrogen-bond acceptors (Lipinski definition) is 4. The highest BCUT2D eigenvalue weighted by atomic mass is 32.1. The van der Waals surface area contributed by atoms with Crippen LogP contribution in [0.4, 0.5) is 0 Å². The molecule has 3 rings (SSSR count). The van der Waals surface area contributed by atoms with Gasteiger partial charge < -0.3 is 10.0 Å². The first-order chi connectivity index (χ1) is 9.99. The summed E-state index contributed by atoms with van der Waals surface area (Å²) in [5, 5.41) is 12.4. The quantitative estimate of drug-likeness (QED) is 0.897. The fourth-order valence-corrected chi connectivity index (χ4v) is 4.36. The van der Waals surface area contributed by atoms with Gasteiger partial charge in [0, 0.05) is 30.1 Å². The van der Waals surface area contributed by atoms with E-state index < -0.39 is 5.60 Å². The SMILES string of the molecule is Cc1csc(=O)n1CC(=O)N1CCC2(O)CCCCC2C1. The Labute approximate surface area is 128 Å². The third kappa shape index (κ3) is 2.79. The molecule has 2 aliphatic rings. The van der Waals surface area contributed by atoms with E-state index in [0.717, 1.165) is 42.7 Å². The Morgan fingerprint density at radius 1 is 1.48 bits per heavy atom. The molecule has 2 fully saturated rings. The monoisotopic (exact) mass is 310 g/mol. The summed E-state index contributed by atoms with van der Waals surface area (Å²) in [7, 11) is 0. The number of hydrogen-bond donors (Lipinski definition) is 1. The van der Waals surface area contributed by atoms with Crippen molar-refractivity contribution in [2.24, 2.45) is 5.92 Å². The topological polar surface area (TPSA) is 62.5 Å². The van der Waals surface area contributed by atoms with Gasteiger partial charge in [0.25, 0.3) is 0 Å². The molecule has 1 aliphatic heterocycles. The molecule has 1 aromatic heterocycles. The third-order valence-corrected chi connectivity index (χ3v) is 5.93. The van der Waals surface area contributed by atoms with Gasteiger partial charge in [0.2, 0.25) is 5.91 Å². The minimum absolute atomic E-state index is 0.00813. The number of thiazole rings is 1. The van der Waals surface area contributed by atoms with E-state index in [-0.39, 0.29) is 23.2 Å². The molecule has 0 aromatic carbocycles. The van der Waals surface area contributed by atoms with E-state index in [0.29, 0.717) is 19.5 Å². The van der Waals surface area contributed by atoms with Crippen LogP contribution in [0.3, 0.4) is 0 Å². The van der Waals surface area contributed by atoms with Crippen LogP contribution in [-0.4, -0.2) is 39.2 Å². The number of aromatic nitrogens is 1. The van der Waals surface area contributed by atoms with Gasteiger partial charge in [-0.3, -0.25) is 14.2 Å². The van der Waals surface area contributed by atoms with Crippen LogP contribution in [0.1, 0.15) is 37.8 Å². The molecule has 6 heteroatoms. The van der Waals surface area contributed by atoms with Gasteiger partial charge in [0.05, 0.1) is 5.60 Å². The highest BCUT2D eigenvalue weighted by molar-refractivity contribution is 7.07. The molecule has 21 heavy (non-hydrogen) atoms. The lowest BCUT2D eigenvalue weighted by molar-refractivity contribution is -0.144. The maximum Gasteiger partial charge on any atom is 0.307 e. The summed E-state index contributed by atoms with van der Waals surface area (Å²) < 4.78 is 1.54. The number of aliphatic hydroxyl groups is 1. The van der Waals surface area contributed by atoms with Gasteiger partial charge in [-0.05, 0) is 26.2 Å². The van der Waals surface area contributed by atoms with Crippen LogP contribution in [0.2, 0.25) is 0 Å². The highest BCUT2D eigenvalue weighted by Gasteiger charge is 2.43. The molecule has 0 radical (unpaired) electrons. The van der Waals surface area contributed by atoms with Crippen molar-refractivity contribution in [3.63, 3.8) is 0 Å². The highest BCUT2D eigenvalue weighted by Crippen LogP contribution is 2.39. The Hall–Kier alpha value is -1.14. The Bertz CT molecular complexity index is 594. The minimum atomic E-state index is -0.565. The molecule has 1 saturated carbocycles. The Balaban J connectivity index is 1.68. The molecule has 0 spiro atoms. The largest absolute Gasteiger partial charge is 0.389 e. The van der Waals surface area contributed by atoms with Crippen molar-refractivity contribution in [2.45, 2.75) is 51.2 Å². The van der Waals surface area contributed by atoms with Gasteiger partial charge in [0.15, 0.2) is 0 Å². The van der Waals surface area contributed by atoms with E-state index in [1.54, 1.807) is 5.38 Å². The first kappa shape index (κ1) is 14.8. The molecule has 2 unspecified atom stereocenters. The predicted molar refractivity (Wildman–Crippen MR) is 81.4 cm³/mol. The van der Waals surface area contributed by atoms with Crippen LogP contribution in [0, 0.1) is 12.8 Å². The van der Waals surface area contributed by atoms with Crippen molar-refractivity contribution in [1.29, 1.82) is 0 Å². The number of fused-ring (bicyclic) bond motifs is 1. The molecule has 1 N–H and O–H groups in total. The van der Waals surface area contributed by atoms with Gasteiger partial charge >= 0.3 is 4.87 Å². The van der Waals surface area contributed by atoms with Crippen molar-refractivity contribution >= 4 is 17.2 Å². The number of carbonyl (C=O) groups excluding carboxylic acids is 1. The average molecular weight is 310 g/mol. The lowest BCUT2D eigenvalue weighted by Crippen LogP contribution is -2.55. The summed E-state index contributed by atoms with van der Waals surface area (Å²) in [6.45, 7) is 3.21. The number of rotatable bonds is 2. The summed E-state index contributed by atoms with van der Waals surface area (Å²) in [5.74, 6) is 0.190. The maximum absolute atomic E-state index is 12.4. The number of aryl methyl sites for hydroxylation is 1. The fourth-order valence-electron chi connectivity index (χ4n) is 3.63. The number of piperidine rings is 1. The standard InChI is InChI=1S/C15H22N2O3S/c1-11-10-21-14(19)17(11)9-13(18)16-7-6-15(20)5-3-2-4-12(15)8-16/h10,12,20H,2-9H2,1H3. The number of carbonyl (C=O) groups is 1. The lowest BCUT2D eigenvalue weighted by atomic mass is 9.71. The van der Waals surface area contributed by atoms with E-state index in [1.807, 2.05) is 11.8 Å². The van der Waals surface area contributed by atoms with Gasteiger partial charge in [-0.1, -0.05) is 24.2 Å². The van der Waals surface area contributed by atoms with Crippen molar-refractivity contribution in [3.8, 4) is 0 Å². The molecule has 1 aromatic rings. The number of nitrogens with zero attached hydrogens (tertiary/aromatic N) is 2. The molecule has 2 heterocycles. The number of amides is 1. The van der Waals surface area contributed by atoms with Crippen LogP contribution in [0.5, 0.6) is 0 Å². The van der Waals surface area contributed by atoms with Gasteiger partial charge in [0.1, 0.15) is 6.54 Å². The van der Waals surface area contributed by atoms with E-state index in [9.17, 15) is 14.7 Å². The van der Waals surface area contributed by atoms with Crippen molar-refractivity contribution in [1.82, 2.24) is 9.47 Å². The molecular formula is C15H22N2O3S. The summed E-state index contributed by atoms with van der Waals surface area (Å²) in [6.07, 6.45) is 4.75. The lowest BCUT2D eigenvalue weighted by Gasteiger charge is -2.47. The van der Waals surface area contributed by atoms with Crippen LogP contribution >= 0.6 is 11.3 Å². The number of likely N-dealkylation sites (tertiary alicyclic amines) is 1. The smallest absolute Gasteiger partial charge is 0.307 e. The first-order valence-corrected chi connectivity index (χ1v) is 8.53. The third-order valence-electron chi connectivity index (χ3n) is 5.05. The molecule has 1 aliphatic carbocycles. The Morgan fingerprint density at radius 3 is 3.00 bits per heavy atom. The van der Waals surface area contributed by atoms with Gasteiger partial charge in [-0.2, -0.15) is 0 Å². The molecule has 1 amide bonds. The van der Waals surface area contributed by atoms with Crippen LogP contribution in [-0.2, 0) is 11.3 Å². The van der Waals surface area contributed by atoms with Crippen LogP contribution in [0.15, 0.2) is 10.2 Å². The normalized spacial score (nSPS) is 29.2. The average Bonchev–Trinajstić information content (AvgIpc) is 2.78. The Kier molecular flexibility index (Phi) is 3.92. The first-order valence-electron chi connectivity index (χ1n) is 7.65. The van der Waals surface area contributed by atoms with Crippen LogP contribution < -0.4 is 4.87 Å². The van der Waals surface area contributed by atoms with E-state index in [2.05, 4.69) is 0 Å². The molecule has 2 atom stereocenters. The van der Waals surface area contributed by atoms with E-state index >= 15 is 0 Å². The fraction of sp³-hybridized carbons (Fsp3) is 0.733. The zero-order valence-electron chi connectivity index (χ0n) is 12.4. The van der Waals surface area contributed by atoms with E-state index in [4.69, 9.17) is 0 Å². The predicted octanol–water partition coefficient (Wildman–Crippen LogP) is 1.37. The zero-order valence-corrected chi connectivity index (χ0v) is 13.2. The van der Waals surface area contributed by atoms with Gasteiger partial charge in [-0.25, -0.2) is 0 Å². The Morgan fingerprint density at radius 2 is 2.29 bits per heavy atom. The summed E-state index contributed by atoms with van der Waals surface area (Å²) >= 11 is 1.13. The zero-order chi connectivity index (χ0) is 15.0. The van der Waals surface area contributed by atoms with Crippen molar-refractivity contribution in [3.05, 3.63) is 20.7 Å². The molecule has 1 saturated heterocycles. The summed E-state index contributed by atoms with van der Waals surface area (Å²) in [4.78, 5) is 25.9. The van der Waals surface area contributed by atoms with Gasteiger partial charge in [-0.15, -0.1) is 0 Å². The summed E-state index contributed by atoms with van der Waals surface area (Å²) in [6, 6.07) is 0. The molecule has 5 nitrogen and oxygen atoms in total. The summed E-state index contributed by atoms with van der Waals surface area (Å²) in [5.41, 5.74) is 0.272. The second kappa shape index (κ2) is 5.57. The second-order valence-corrected chi connectivity index (χ2v) is 7.19. The van der Waals surface area contributed by atoms with Crippen molar-refractivity contribution < 1.29 is 9.90 Å². The minimum Gasteiger partial charge on any atom is -0.389 e. The second-order valence-electron chi connectivity index (χ2n) is 6.37. The van der Waals surface area contributed by atoms with E-state index in [1.165, 1.54) is 4.57 Å². The van der Waals surface area contributed by atoms with Crippen LogP contribution in [0.25, 0.3) is 0 Å².